The lowest BCUT2D eigenvalue weighted by atomic mass is 10.1. The predicted molar refractivity (Wildman–Crippen MR) is 123 cm³/mol. The minimum atomic E-state index is -0.104. The number of hydrogen-bond donors (Lipinski definition) is 1. The summed E-state index contributed by atoms with van der Waals surface area (Å²) in [7, 11) is 0. The minimum absolute atomic E-state index is 0.104. The molecule has 0 spiro atoms. The van der Waals surface area contributed by atoms with Gasteiger partial charge in [0, 0.05) is 6.54 Å². The largest absolute Gasteiger partial charge is 0.484 e. The molecule has 5 rings (SSSR count). The fraction of sp³-hybridized carbons (Fsp3) is 0.208. The molecule has 1 N–H and O–H groups in total. The van der Waals surface area contributed by atoms with Crippen molar-refractivity contribution in [2.45, 2.75) is 18.3 Å². The van der Waals surface area contributed by atoms with Crippen LogP contribution in [0.25, 0.3) is 10.8 Å². The number of ether oxygens (including phenoxy) is 3. The summed E-state index contributed by atoms with van der Waals surface area (Å²) in [6, 6.07) is 19.7. The van der Waals surface area contributed by atoms with E-state index in [-0.39, 0.29) is 25.1 Å². The molecule has 1 aliphatic heterocycles. The standard InChI is InChI=1S/C24H21N3O5S/c28-22(25-10-9-16-5-8-20-21(11-16)31-15-30-20)14-33-24-27-26-23(32-24)13-29-19-7-6-17-3-1-2-4-18(17)12-19/h1-8,11-12H,9-10,13-15H2,(H,25,28). The number of fused-ring (bicyclic) bond motifs is 2. The van der Waals surface area contributed by atoms with E-state index in [0.717, 1.165) is 33.6 Å². The lowest BCUT2D eigenvalue weighted by Crippen LogP contribution is -2.27. The number of benzene rings is 3. The van der Waals surface area contributed by atoms with E-state index in [9.17, 15) is 4.79 Å². The predicted octanol–water partition coefficient (Wildman–Crippen LogP) is 3.98. The molecule has 168 valence electrons. The van der Waals surface area contributed by atoms with Gasteiger partial charge in [0.1, 0.15) is 5.75 Å². The van der Waals surface area contributed by atoms with Gasteiger partial charge in [-0.1, -0.05) is 48.2 Å². The number of rotatable bonds is 9. The molecule has 0 fully saturated rings. The molecule has 1 amide bonds. The third-order valence-corrected chi connectivity index (χ3v) is 5.85. The zero-order valence-corrected chi connectivity index (χ0v) is 18.5. The summed E-state index contributed by atoms with van der Waals surface area (Å²) in [5, 5.41) is 13.4. The van der Waals surface area contributed by atoms with Crippen LogP contribution in [-0.4, -0.2) is 35.2 Å². The highest BCUT2D eigenvalue weighted by molar-refractivity contribution is 7.99. The molecule has 9 heteroatoms. The zero-order valence-electron chi connectivity index (χ0n) is 17.7. The normalized spacial score (nSPS) is 12.1. The van der Waals surface area contributed by atoms with Crippen molar-refractivity contribution < 1.29 is 23.4 Å². The number of nitrogens with one attached hydrogen (secondary N) is 1. The number of carbonyl (C=O) groups excluding carboxylic acids is 1. The first-order chi connectivity index (χ1) is 16.2. The quantitative estimate of drug-likeness (QED) is 0.373. The molecule has 0 unspecified atom stereocenters. The molecular formula is C24H21N3O5S. The third kappa shape index (κ3) is 5.38. The minimum Gasteiger partial charge on any atom is -0.484 e. The van der Waals surface area contributed by atoms with E-state index in [1.165, 1.54) is 11.8 Å². The van der Waals surface area contributed by atoms with Crippen molar-refractivity contribution in [2.75, 3.05) is 19.1 Å². The molecule has 0 radical (unpaired) electrons. The van der Waals surface area contributed by atoms with Crippen LogP contribution in [0.15, 0.2) is 70.3 Å². The Morgan fingerprint density at radius 1 is 1.00 bits per heavy atom. The van der Waals surface area contributed by atoms with Crippen LogP contribution in [0.5, 0.6) is 17.2 Å². The van der Waals surface area contributed by atoms with Crippen LogP contribution in [0.1, 0.15) is 11.5 Å². The van der Waals surface area contributed by atoms with Gasteiger partial charge in [-0.05, 0) is 47.0 Å². The van der Waals surface area contributed by atoms with Gasteiger partial charge in [-0.2, -0.15) is 0 Å². The summed E-state index contributed by atoms with van der Waals surface area (Å²) < 4.78 is 22.0. The highest BCUT2D eigenvalue weighted by atomic mass is 32.2. The first kappa shape index (κ1) is 21.1. The third-order valence-electron chi connectivity index (χ3n) is 5.03. The van der Waals surface area contributed by atoms with E-state index in [0.29, 0.717) is 24.1 Å². The van der Waals surface area contributed by atoms with Crippen LogP contribution in [0.4, 0.5) is 0 Å². The molecule has 0 bridgehead atoms. The summed E-state index contributed by atoms with van der Waals surface area (Å²) in [6.07, 6.45) is 0.698. The molecule has 0 aliphatic carbocycles. The first-order valence-corrected chi connectivity index (χ1v) is 11.4. The Labute approximate surface area is 194 Å². The van der Waals surface area contributed by atoms with Gasteiger partial charge in [-0.3, -0.25) is 4.79 Å². The molecule has 1 aliphatic rings. The van der Waals surface area contributed by atoms with Gasteiger partial charge >= 0.3 is 0 Å². The first-order valence-electron chi connectivity index (χ1n) is 10.4. The molecule has 0 saturated carbocycles. The summed E-state index contributed by atoms with van der Waals surface area (Å²) in [5.74, 6) is 2.66. The van der Waals surface area contributed by atoms with Crippen molar-refractivity contribution in [2.24, 2.45) is 0 Å². The maximum atomic E-state index is 12.1. The highest BCUT2D eigenvalue weighted by Crippen LogP contribution is 2.32. The Kier molecular flexibility index (Phi) is 6.30. The van der Waals surface area contributed by atoms with E-state index >= 15 is 0 Å². The molecule has 0 saturated heterocycles. The second-order valence-corrected chi connectivity index (χ2v) is 8.26. The summed E-state index contributed by atoms with van der Waals surface area (Å²) in [5.41, 5.74) is 1.07. The van der Waals surface area contributed by atoms with Crippen molar-refractivity contribution in [3.8, 4) is 17.2 Å². The zero-order chi connectivity index (χ0) is 22.5. The van der Waals surface area contributed by atoms with Gasteiger partial charge in [0.15, 0.2) is 18.1 Å². The Balaban J connectivity index is 1.04. The van der Waals surface area contributed by atoms with Crippen LogP contribution in [0.3, 0.4) is 0 Å². The van der Waals surface area contributed by atoms with Crippen molar-refractivity contribution in [3.05, 3.63) is 72.1 Å². The number of hydrogen-bond acceptors (Lipinski definition) is 8. The smallest absolute Gasteiger partial charge is 0.277 e. The fourth-order valence-electron chi connectivity index (χ4n) is 3.38. The van der Waals surface area contributed by atoms with E-state index < -0.39 is 0 Å². The Hall–Kier alpha value is -3.72. The van der Waals surface area contributed by atoms with Gasteiger partial charge < -0.3 is 23.9 Å². The van der Waals surface area contributed by atoms with E-state index in [1.54, 1.807) is 0 Å². The Morgan fingerprint density at radius 2 is 1.88 bits per heavy atom. The number of carbonyl (C=O) groups is 1. The van der Waals surface area contributed by atoms with Crippen molar-refractivity contribution in [1.82, 2.24) is 15.5 Å². The van der Waals surface area contributed by atoms with Crippen LogP contribution >= 0.6 is 11.8 Å². The second-order valence-electron chi connectivity index (χ2n) is 7.34. The van der Waals surface area contributed by atoms with E-state index in [1.807, 2.05) is 60.7 Å². The number of aromatic nitrogens is 2. The maximum absolute atomic E-state index is 12.1. The SMILES string of the molecule is O=C(CSc1nnc(COc2ccc3ccccc3c2)o1)NCCc1ccc2c(c1)OCO2. The summed E-state index contributed by atoms with van der Waals surface area (Å²) in [6.45, 7) is 0.932. The van der Waals surface area contributed by atoms with Gasteiger partial charge in [0.2, 0.25) is 12.7 Å². The molecule has 2 heterocycles. The van der Waals surface area contributed by atoms with Gasteiger partial charge in [-0.15, -0.1) is 10.2 Å². The highest BCUT2D eigenvalue weighted by Gasteiger charge is 2.14. The number of amides is 1. The van der Waals surface area contributed by atoms with Crippen LogP contribution in [0.2, 0.25) is 0 Å². The van der Waals surface area contributed by atoms with Crippen molar-refractivity contribution in [1.29, 1.82) is 0 Å². The number of thioether (sulfide) groups is 1. The van der Waals surface area contributed by atoms with Gasteiger partial charge in [-0.25, -0.2) is 0 Å². The average Bonchev–Trinajstić information content (AvgIpc) is 3.50. The molecule has 3 aromatic carbocycles. The summed E-state index contributed by atoms with van der Waals surface area (Å²) in [4.78, 5) is 12.1. The molecule has 1 aromatic heterocycles. The topological polar surface area (TPSA) is 95.7 Å². The molecular weight excluding hydrogens is 442 g/mol. The summed E-state index contributed by atoms with van der Waals surface area (Å²) >= 11 is 1.19. The molecule has 33 heavy (non-hydrogen) atoms. The van der Waals surface area contributed by atoms with Crippen molar-refractivity contribution >= 4 is 28.4 Å². The fourth-order valence-corrected chi connectivity index (χ4v) is 3.99. The van der Waals surface area contributed by atoms with Crippen LogP contribution in [0, 0.1) is 0 Å². The second kappa shape index (κ2) is 9.83. The van der Waals surface area contributed by atoms with E-state index in [4.69, 9.17) is 18.6 Å². The Bertz CT molecular complexity index is 1280. The lowest BCUT2D eigenvalue weighted by Gasteiger charge is -2.05. The maximum Gasteiger partial charge on any atom is 0.277 e. The molecule has 4 aromatic rings. The molecule has 8 nitrogen and oxygen atoms in total. The van der Waals surface area contributed by atoms with Gasteiger partial charge in [0.05, 0.1) is 5.75 Å². The van der Waals surface area contributed by atoms with Crippen LogP contribution in [-0.2, 0) is 17.8 Å². The lowest BCUT2D eigenvalue weighted by molar-refractivity contribution is -0.118. The monoisotopic (exact) mass is 463 g/mol. The van der Waals surface area contributed by atoms with Gasteiger partial charge in [0.25, 0.3) is 11.1 Å². The number of nitrogens with zero attached hydrogens (tertiary/aromatic N) is 2. The Morgan fingerprint density at radius 3 is 2.82 bits per heavy atom. The molecule has 0 atom stereocenters. The van der Waals surface area contributed by atoms with Crippen LogP contribution < -0.4 is 19.5 Å². The average molecular weight is 464 g/mol. The van der Waals surface area contributed by atoms with E-state index in [2.05, 4.69) is 15.5 Å². The van der Waals surface area contributed by atoms with Crippen molar-refractivity contribution in [3.63, 3.8) is 0 Å².